The fourth-order valence-electron chi connectivity index (χ4n) is 5.56. The smallest absolute Gasteiger partial charge is 0.268 e. The van der Waals surface area contributed by atoms with Crippen molar-refractivity contribution in [3.05, 3.63) is 12.2 Å². The Labute approximate surface area is 291 Å². The number of likely N-dealkylation sites (N-methyl/N-ethyl adjacent to an activating group) is 1. The molecule has 0 radical (unpaired) electrons. The first-order chi connectivity index (χ1) is 22.5. The molecule has 0 aliphatic heterocycles. The van der Waals surface area contributed by atoms with Crippen molar-refractivity contribution in [2.45, 2.75) is 187 Å². The fourth-order valence-corrected chi connectivity index (χ4v) is 6.29. The van der Waals surface area contributed by atoms with Gasteiger partial charge in [0.25, 0.3) is 7.82 Å². The molecule has 0 rings (SSSR count). The highest BCUT2D eigenvalue weighted by molar-refractivity contribution is 7.45. The largest absolute Gasteiger partial charge is 0.756 e. The molecule has 1 amide bonds. The van der Waals surface area contributed by atoms with Gasteiger partial charge in [-0.15, -0.1) is 0 Å². The van der Waals surface area contributed by atoms with Gasteiger partial charge in [0, 0.05) is 6.42 Å². The first-order valence-corrected chi connectivity index (χ1v) is 21.0. The van der Waals surface area contributed by atoms with Gasteiger partial charge in [0.1, 0.15) is 13.2 Å². The van der Waals surface area contributed by atoms with E-state index in [0.717, 1.165) is 38.5 Å². The van der Waals surface area contributed by atoms with Crippen LogP contribution in [0.2, 0.25) is 0 Å². The molecule has 3 atom stereocenters. The summed E-state index contributed by atoms with van der Waals surface area (Å²) in [6.45, 7) is 4.62. The maximum absolute atomic E-state index is 12.8. The first kappa shape index (κ1) is 46.2. The summed E-state index contributed by atoms with van der Waals surface area (Å²) in [5, 5.41) is 13.7. The van der Waals surface area contributed by atoms with Gasteiger partial charge in [-0.2, -0.15) is 0 Å². The average Bonchev–Trinajstić information content (AvgIpc) is 3.01. The number of phosphoric acid groups is 1. The topological polar surface area (TPSA) is 108 Å². The average molecular weight is 689 g/mol. The van der Waals surface area contributed by atoms with Gasteiger partial charge in [0.15, 0.2) is 0 Å². The lowest BCUT2D eigenvalue weighted by molar-refractivity contribution is -0.870. The summed E-state index contributed by atoms with van der Waals surface area (Å²) in [6.07, 6.45) is 32.4. The Kier molecular flexibility index (Phi) is 30.7. The minimum Gasteiger partial charge on any atom is -0.756 e. The van der Waals surface area contributed by atoms with E-state index in [2.05, 4.69) is 19.2 Å². The van der Waals surface area contributed by atoms with E-state index < -0.39 is 20.0 Å². The molecular formula is C38H77N2O6P. The number of nitrogens with zero attached hydrogens (tertiary/aromatic N) is 1. The van der Waals surface area contributed by atoms with Crippen LogP contribution in [0.15, 0.2) is 12.2 Å². The molecule has 0 saturated carbocycles. The predicted octanol–water partition coefficient (Wildman–Crippen LogP) is 9.39. The number of hydrogen-bond donors (Lipinski definition) is 2. The van der Waals surface area contributed by atoms with E-state index in [-0.39, 0.29) is 19.1 Å². The molecule has 280 valence electrons. The molecule has 0 aromatic carbocycles. The Balaban J connectivity index is 4.51. The van der Waals surface area contributed by atoms with Crippen LogP contribution in [-0.2, 0) is 18.4 Å². The minimum atomic E-state index is -4.57. The summed E-state index contributed by atoms with van der Waals surface area (Å²) in [4.78, 5) is 25.1. The van der Waals surface area contributed by atoms with Gasteiger partial charge in [-0.3, -0.25) is 9.36 Å². The zero-order valence-electron chi connectivity index (χ0n) is 31.5. The van der Waals surface area contributed by atoms with Crippen LogP contribution in [0, 0.1) is 0 Å². The third-order valence-corrected chi connectivity index (χ3v) is 9.71. The number of aliphatic hydroxyl groups excluding tert-OH is 1. The second-order valence-electron chi connectivity index (χ2n) is 14.6. The van der Waals surface area contributed by atoms with Gasteiger partial charge < -0.3 is 28.8 Å². The summed E-state index contributed by atoms with van der Waals surface area (Å²) in [5.41, 5.74) is 0. The number of phosphoric ester groups is 1. The Morgan fingerprint density at radius 1 is 0.723 bits per heavy atom. The molecule has 0 aromatic heterocycles. The van der Waals surface area contributed by atoms with Crippen LogP contribution < -0.4 is 10.2 Å². The molecule has 1 unspecified atom stereocenters. The van der Waals surface area contributed by atoms with Crippen molar-refractivity contribution in [1.29, 1.82) is 0 Å². The SMILES string of the molecule is CCCCCCCCCCCC/C=C/[C@@H](O)[C@H](COP(=O)([O-])OCC[N+](C)(C)C)NC(=O)CCCCCCCCCCCCCCC. The van der Waals surface area contributed by atoms with Crippen LogP contribution in [0.5, 0.6) is 0 Å². The third kappa shape index (κ3) is 33.5. The van der Waals surface area contributed by atoms with Crippen molar-refractivity contribution in [3.8, 4) is 0 Å². The number of amides is 1. The zero-order chi connectivity index (χ0) is 35.1. The maximum atomic E-state index is 12.8. The predicted molar refractivity (Wildman–Crippen MR) is 196 cm³/mol. The lowest BCUT2D eigenvalue weighted by Gasteiger charge is -2.29. The third-order valence-electron chi connectivity index (χ3n) is 8.75. The monoisotopic (exact) mass is 689 g/mol. The Hall–Kier alpha value is -0.760. The number of quaternary nitrogens is 1. The van der Waals surface area contributed by atoms with Crippen LogP contribution in [-0.4, -0.2) is 68.5 Å². The molecule has 0 bridgehead atoms. The first-order valence-electron chi connectivity index (χ1n) is 19.6. The number of hydrogen-bond acceptors (Lipinski definition) is 6. The number of carbonyl (C=O) groups is 1. The molecule has 0 aromatic rings. The van der Waals surface area contributed by atoms with Crippen molar-refractivity contribution in [2.24, 2.45) is 0 Å². The number of nitrogens with one attached hydrogen (secondary N) is 1. The number of allylic oxidation sites excluding steroid dienone is 1. The summed E-state index contributed by atoms with van der Waals surface area (Å²) in [7, 11) is 1.26. The van der Waals surface area contributed by atoms with E-state index in [0.29, 0.717) is 17.4 Å². The van der Waals surface area contributed by atoms with Crippen molar-refractivity contribution in [2.75, 3.05) is 40.9 Å². The number of aliphatic hydroxyl groups is 1. The Bertz CT molecular complexity index is 789. The standard InChI is InChI=1S/C38H77N2O6P/c1-6-8-10-12-14-16-18-20-22-24-26-28-30-32-38(42)39-36(35-46-47(43,44)45-34-33-40(3,4)5)37(41)31-29-27-25-23-21-19-17-15-13-11-9-7-2/h29,31,36-37,41H,6-28,30,32-35H2,1-5H3,(H-,39,42,43,44)/b31-29+/t36-,37+/m0/s1. The molecule has 0 heterocycles. The summed E-state index contributed by atoms with van der Waals surface area (Å²) < 4.78 is 23.1. The van der Waals surface area contributed by atoms with Crippen molar-refractivity contribution < 1.29 is 32.9 Å². The Morgan fingerprint density at radius 2 is 1.15 bits per heavy atom. The summed E-state index contributed by atoms with van der Waals surface area (Å²) in [6, 6.07) is -0.877. The molecule has 9 heteroatoms. The zero-order valence-corrected chi connectivity index (χ0v) is 32.4. The van der Waals surface area contributed by atoms with Crippen LogP contribution in [0.25, 0.3) is 0 Å². The van der Waals surface area contributed by atoms with E-state index in [1.54, 1.807) is 6.08 Å². The van der Waals surface area contributed by atoms with Gasteiger partial charge in [0.05, 0.1) is 39.9 Å². The fraction of sp³-hybridized carbons (Fsp3) is 0.921. The summed E-state index contributed by atoms with van der Waals surface area (Å²) >= 11 is 0. The quantitative estimate of drug-likeness (QED) is 0.0297. The maximum Gasteiger partial charge on any atom is 0.268 e. The second kappa shape index (κ2) is 31.2. The lowest BCUT2D eigenvalue weighted by Crippen LogP contribution is -2.45. The van der Waals surface area contributed by atoms with Gasteiger partial charge >= 0.3 is 0 Å². The summed E-state index contributed by atoms with van der Waals surface area (Å²) in [5.74, 6) is -0.199. The normalized spacial score (nSPS) is 14.8. The molecule has 2 N–H and O–H groups in total. The van der Waals surface area contributed by atoms with Crippen LogP contribution >= 0.6 is 7.82 Å². The highest BCUT2D eigenvalue weighted by atomic mass is 31.2. The molecular weight excluding hydrogens is 611 g/mol. The van der Waals surface area contributed by atoms with Crippen molar-refractivity contribution >= 4 is 13.7 Å². The molecule has 0 aliphatic rings. The van der Waals surface area contributed by atoms with Crippen molar-refractivity contribution in [1.82, 2.24) is 5.32 Å². The van der Waals surface area contributed by atoms with E-state index >= 15 is 0 Å². The van der Waals surface area contributed by atoms with Gasteiger partial charge in [-0.1, -0.05) is 161 Å². The molecule has 0 spiro atoms. The van der Waals surface area contributed by atoms with Crippen LogP contribution in [0.4, 0.5) is 0 Å². The molecule has 0 saturated heterocycles. The second-order valence-corrected chi connectivity index (χ2v) is 16.1. The molecule has 47 heavy (non-hydrogen) atoms. The minimum absolute atomic E-state index is 0.00165. The molecule has 8 nitrogen and oxygen atoms in total. The highest BCUT2D eigenvalue weighted by Crippen LogP contribution is 2.38. The van der Waals surface area contributed by atoms with Gasteiger partial charge in [-0.05, 0) is 19.3 Å². The lowest BCUT2D eigenvalue weighted by atomic mass is 10.0. The van der Waals surface area contributed by atoms with Crippen LogP contribution in [0.1, 0.15) is 174 Å². The number of unbranched alkanes of at least 4 members (excludes halogenated alkanes) is 22. The van der Waals surface area contributed by atoms with Crippen molar-refractivity contribution in [3.63, 3.8) is 0 Å². The van der Waals surface area contributed by atoms with E-state index in [9.17, 15) is 19.4 Å². The number of rotatable bonds is 35. The van der Waals surface area contributed by atoms with E-state index in [4.69, 9.17) is 9.05 Å². The van der Waals surface area contributed by atoms with E-state index in [1.165, 1.54) is 116 Å². The highest BCUT2D eigenvalue weighted by Gasteiger charge is 2.23. The van der Waals surface area contributed by atoms with Gasteiger partial charge in [-0.25, -0.2) is 0 Å². The molecule has 0 fully saturated rings. The van der Waals surface area contributed by atoms with Gasteiger partial charge in [0.2, 0.25) is 5.91 Å². The number of carbonyl (C=O) groups excluding carboxylic acids is 1. The molecule has 0 aliphatic carbocycles. The van der Waals surface area contributed by atoms with E-state index in [1.807, 2.05) is 27.2 Å². The van der Waals surface area contributed by atoms with Crippen LogP contribution in [0.3, 0.4) is 0 Å². The Morgan fingerprint density at radius 3 is 1.60 bits per heavy atom.